The average molecular weight is 365 g/mol. The van der Waals surface area contributed by atoms with Crippen molar-refractivity contribution < 1.29 is 0 Å². The Labute approximate surface area is 137 Å². The van der Waals surface area contributed by atoms with Gasteiger partial charge in [0.25, 0.3) is 0 Å². The maximum absolute atomic E-state index is 6.08. The quantitative estimate of drug-likeness (QED) is 0.622. The molecule has 0 aliphatic carbocycles. The van der Waals surface area contributed by atoms with E-state index in [0.29, 0.717) is 5.88 Å². The molecule has 1 atom stereocenters. The molecule has 0 saturated heterocycles. The Morgan fingerprint density at radius 1 is 1.29 bits per heavy atom. The number of nitrogens with zero attached hydrogens (tertiary/aromatic N) is 3. The van der Waals surface area contributed by atoms with Gasteiger partial charge < -0.3 is 4.57 Å². The number of pyridine rings is 1. The van der Waals surface area contributed by atoms with Gasteiger partial charge >= 0.3 is 0 Å². The number of imidazole rings is 1. The minimum Gasteiger partial charge on any atom is -0.304 e. The summed E-state index contributed by atoms with van der Waals surface area (Å²) in [6, 6.07) is 10.5. The van der Waals surface area contributed by atoms with Crippen molar-refractivity contribution in [2.24, 2.45) is 0 Å². The van der Waals surface area contributed by atoms with Crippen molar-refractivity contribution in [1.82, 2.24) is 14.5 Å². The normalized spacial score (nSPS) is 12.8. The van der Waals surface area contributed by atoms with Gasteiger partial charge in [-0.05, 0) is 43.2 Å². The van der Waals surface area contributed by atoms with E-state index >= 15 is 0 Å². The van der Waals surface area contributed by atoms with E-state index in [9.17, 15) is 0 Å². The Kier molecular flexibility index (Phi) is 4.00. The molecule has 0 aliphatic heterocycles. The van der Waals surface area contributed by atoms with E-state index < -0.39 is 0 Å². The number of alkyl halides is 1. The standard InChI is InChI=1S/C16H15BrClN3/c1-10-7-14-16(19-9-10)21(15(8-18)20-14)11(2)12-3-5-13(17)6-4-12/h3-7,9,11H,8H2,1-2H3. The number of hydrogen-bond acceptors (Lipinski definition) is 2. The van der Waals surface area contributed by atoms with Gasteiger partial charge in [-0.1, -0.05) is 28.1 Å². The largest absolute Gasteiger partial charge is 0.304 e. The molecule has 0 bridgehead atoms. The van der Waals surface area contributed by atoms with Gasteiger partial charge in [-0.2, -0.15) is 0 Å². The van der Waals surface area contributed by atoms with Crippen LogP contribution in [0.5, 0.6) is 0 Å². The molecule has 1 unspecified atom stereocenters. The smallest absolute Gasteiger partial charge is 0.160 e. The molecule has 21 heavy (non-hydrogen) atoms. The summed E-state index contributed by atoms with van der Waals surface area (Å²) in [5.41, 5.74) is 4.08. The minimum absolute atomic E-state index is 0.132. The summed E-state index contributed by atoms with van der Waals surface area (Å²) in [4.78, 5) is 9.16. The zero-order chi connectivity index (χ0) is 15.0. The Balaban J connectivity index is 2.16. The molecule has 3 nitrogen and oxygen atoms in total. The van der Waals surface area contributed by atoms with Gasteiger partial charge in [-0.25, -0.2) is 9.97 Å². The molecule has 2 aromatic heterocycles. The number of aryl methyl sites for hydroxylation is 1. The Hall–Kier alpha value is -1.39. The lowest BCUT2D eigenvalue weighted by molar-refractivity contribution is 0.629. The molecule has 3 rings (SSSR count). The molecule has 108 valence electrons. The van der Waals surface area contributed by atoms with Crippen molar-refractivity contribution in [1.29, 1.82) is 0 Å². The van der Waals surface area contributed by atoms with Crippen LogP contribution >= 0.6 is 27.5 Å². The molecule has 1 aromatic carbocycles. The molecule has 0 fully saturated rings. The number of halogens is 2. The van der Waals surface area contributed by atoms with Crippen LogP contribution in [0.4, 0.5) is 0 Å². The molecule has 0 amide bonds. The van der Waals surface area contributed by atoms with E-state index in [-0.39, 0.29) is 6.04 Å². The second kappa shape index (κ2) is 5.78. The van der Waals surface area contributed by atoms with Gasteiger partial charge in [-0.3, -0.25) is 0 Å². The topological polar surface area (TPSA) is 30.7 Å². The first-order valence-electron chi connectivity index (χ1n) is 6.75. The molecule has 3 aromatic rings. The maximum Gasteiger partial charge on any atom is 0.160 e. The van der Waals surface area contributed by atoms with E-state index in [1.54, 1.807) is 0 Å². The fourth-order valence-electron chi connectivity index (χ4n) is 2.52. The van der Waals surface area contributed by atoms with Crippen molar-refractivity contribution >= 4 is 38.7 Å². The third-order valence-electron chi connectivity index (χ3n) is 3.60. The van der Waals surface area contributed by atoms with Crippen molar-refractivity contribution in [2.75, 3.05) is 0 Å². The van der Waals surface area contributed by atoms with Crippen LogP contribution in [0, 0.1) is 6.92 Å². The van der Waals surface area contributed by atoms with Gasteiger partial charge in [0.15, 0.2) is 5.65 Å². The lowest BCUT2D eigenvalue weighted by atomic mass is 10.1. The highest BCUT2D eigenvalue weighted by Crippen LogP contribution is 2.27. The molecular formula is C16H15BrClN3. The third-order valence-corrected chi connectivity index (χ3v) is 4.37. The summed E-state index contributed by atoms with van der Waals surface area (Å²) in [6.07, 6.45) is 1.87. The number of fused-ring (bicyclic) bond motifs is 1. The highest BCUT2D eigenvalue weighted by Gasteiger charge is 2.17. The number of rotatable bonds is 3. The SMILES string of the molecule is Cc1cnc2c(c1)nc(CCl)n2C(C)c1ccc(Br)cc1. The lowest BCUT2D eigenvalue weighted by Gasteiger charge is -2.17. The first-order valence-corrected chi connectivity index (χ1v) is 8.08. The van der Waals surface area contributed by atoms with Crippen molar-refractivity contribution in [3.05, 3.63) is 58.0 Å². The van der Waals surface area contributed by atoms with Crippen molar-refractivity contribution in [3.63, 3.8) is 0 Å². The van der Waals surface area contributed by atoms with Gasteiger partial charge in [0.05, 0.1) is 11.9 Å². The third kappa shape index (κ3) is 2.70. The van der Waals surface area contributed by atoms with Gasteiger partial charge in [-0.15, -0.1) is 11.6 Å². The molecule has 2 heterocycles. The first-order chi connectivity index (χ1) is 10.1. The average Bonchev–Trinajstić information content (AvgIpc) is 2.84. The second-order valence-corrected chi connectivity index (χ2v) is 6.30. The summed E-state index contributed by atoms with van der Waals surface area (Å²) in [5.74, 6) is 1.22. The molecule has 0 saturated carbocycles. The maximum atomic E-state index is 6.08. The molecule has 0 radical (unpaired) electrons. The Bertz CT molecular complexity index is 780. The Morgan fingerprint density at radius 3 is 2.67 bits per heavy atom. The highest BCUT2D eigenvalue weighted by atomic mass is 79.9. The molecule has 0 N–H and O–H groups in total. The van der Waals surface area contributed by atoms with E-state index in [1.807, 2.05) is 31.3 Å². The minimum atomic E-state index is 0.132. The first kappa shape index (κ1) is 14.5. The predicted octanol–water partition coefficient (Wildman–Crippen LogP) is 4.85. The van der Waals surface area contributed by atoms with Crippen molar-refractivity contribution in [2.45, 2.75) is 25.8 Å². The van der Waals surface area contributed by atoms with Crippen LogP contribution in [-0.4, -0.2) is 14.5 Å². The number of hydrogen-bond donors (Lipinski definition) is 0. The van der Waals surface area contributed by atoms with Crippen LogP contribution in [0.2, 0.25) is 0 Å². The van der Waals surface area contributed by atoms with Crippen molar-refractivity contribution in [3.8, 4) is 0 Å². The van der Waals surface area contributed by atoms with Crippen LogP contribution in [0.25, 0.3) is 11.2 Å². The summed E-state index contributed by atoms with van der Waals surface area (Å²) in [7, 11) is 0. The van der Waals surface area contributed by atoms with E-state index in [0.717, 1.165) is 27.0 Å². The summed E-state index contributed by atoms with van der Waals surface area (Å²) >= 11 is 9.55. The fraction of sp³-hybridized carbons (Fsp3) is 0.250. The highest BCUT2D eigenvalue weighted by molar-refractivity contribution is 9.10. The van der Waals surface area contributed by atoms with E-state index in [4.69, 9.17) is 11.6 Å². The number of aromatic nitrogens is 3. The van der Waals surface area contributed by atoms with Crippen LogP contribution in [0.15, 0.2) is 41.0 Å². The zero-order valence-corrected chi connectivity index (χ0v) is 14.2. The number of benzene rings is 1. The summed E-state index contributed by atoms with van der Waals surface area (Å²) < 4.78 is 3.19. The van der Waals surface area contributed by atoms with Crippen LogP contribution < -0.4 is 0 Å². The van der Waals surface area contributed by atoms with Gasteiger partial charge in [0.1, 0.15) is 11.3 Å². The van der Waals surface area contributed by atoms with Crippen LogP contribution in [0.3, 0.4) is 0 Å². The summed E-state index contributed by atoms with van der Waals surface area (Å²) in [5, 5.41) is 0. The molecule has 0 spiro atoms. The fourth-order valence-corrected chi connectivity index (χ4v) is 2.97. The molecule has 5 heteroatoms. The zero-order valence-electron chi connectivity index (χ0n) is 11.8. The Morgan fingerprint density at radius 2 is 2.00 bits per heavy atom. The van der Waals surface area contributed by atoms with Crippen LogP contribution in [-0.2, 0) is 5.88 Å². The van der Waals surface area contributed by atoms with Gasteiger partial charge in [0, 0.05) is 10.7 Å². The second-order valence-electron chi connectivity index (χ2n) is 5.11. The van der Waals surface area contributed by atoms with E-state index in [1.165, 1.54) is 5.56 Å². The predicted molar refractivity (Wildman–Crippen MR) is 89.8 cm³/mol. The van der Waals surface area contributed by atoms with Gasteiger partial charge in [0.2, 0.25) is 0 Å². The van der Waals surface area contributed by atoms with E-state index in [2.05, 4.69) is 49.5 Å². The molecular weight excluding hydrogens is 350 g/mol. The summed E-state index contributed by atoms with van der Waals surface area (Å²) in [6.45, 7) is 4.16. The monoisotopic (exact) mass is 363 g/mol. The lowest BCUT2D eigenvalue weighted by Crippen LogP contribution is -2.10. The van der Waals surface area contributed by atoms with Crippen LogP contribution in [0.1, 0.15) is 29.9 Å². The molecule has 0 aliphatic rings.